The fourth-order valence-electron chi connectivity index (χ4n) is 2.35. The predicted molar refractivity (Wildman–Crippen MR) is 47.4 cm³/mol. The van der Waals surface area contributed by atoms with E-state index in [1.54, 1.807) is 0 Å². The number of allylic oxidation sites excluding steroid dienone is 1. The van der Waals surface area contributed by atoms with E-state index in [2.05, 4.69) is 24.4 Å². The summed E-state index contributed by atoms with van der Waals surface area (Å²) in [6.07, 6.45) is 8.88. The number of nitrogens with one attached hydrogen (secondary N) is 1. The first-order chi connectivity index (χ1) is 5.36. The largest absolute Gasteiger partial charge is 0.314 e. The van der Waals surface area contributed by atoms with Crippen LogP contribution in [0.3, 0.4) is 0 Å². The van der Waals surface area contributed by atoms with Crippen LogP contribution < -0.4 is 5.32 Å². The third-order valence-electron chi connectivity index (χ3n) is 3.05. The van der Waals surface area contributed by atoms with Crippen molar-refractivity contribution in [3.8, 4) is 0 Å². The van der Waals surface area contributed by atoms with Gasteiger partial charge in [0.1, 0.15) is 0 Å². The second-order valence-corrected chi connectivity index (χ2v) is 3.97. The Morgan fingerprint density at radius 3 is 3.27 bits per heavy atom. The van der Waals surface area contributed by atoms with Crippen molar-refractivity contribution >= 4 is 0 Å². The smallest absolute Gasteiger partial charge is 0.00418 e. The van der Waals surface area contributed by atoms with Crippen LogP contribution in [0.15, 0.2) is 12.2 Å². The molecule has 1 heterocycles. The number of hydrogen-bond donors (Lipinski definition) is 1. The number of fused-ring (bicyclic) bond motifs is 1. The molecule has 1 aliphatic heterocycles. The van der Waals surface area contributed by atoms with Crippen LogP contribution in [0, 0.1) is 11.8 Å². The van der Waals surface area contributed by atoms with E-state index < -0.39 is 0 Å². The van der Waals surface area contributed by atoms with Crippen LogP contribution >= 0.6 is 0 Å². The zero-order valence-corrected chi connectivity index (χ0v) is 7.22. The Kier molecular flexibility index (Phi) is 1.99. The van der Waals surface area contributed by atoms with Crippen LogP contribution in [0.4, 0.5) is 0 Å². The molecule has 0 aromatic heterocycles. The molecule has 0 amide bonds. The first kappa shape index (κ1) is 7.35. The Morgan fingerprint density at radius 1 is 1.45 bits per heavy atom. The summed E-state index contributed by atoms with van der Waals surface area (Å²) in [4.78, 5) is 0. The average Bonchev–Trinajstić information content (AvgIpc) is 2.04. The maximum Gasteiger partial charge on any atom is 0.00418 e. The van der Waals surface area contributed by atoms with Gasteiger partial charge >= 0.3 is 0 Å². The van der Waals surface area contributed by atoms with Gasteiger partial charge < -0.3 is 5.32 Å². The third kappa shape index (κ3) is 1.48. The number of rotatable bonds is 0. The quantitative estimate of drug-likeness (QED) is 0.522. The SMILES string of the molecule is CC1CC2CCC=CC2CN1. The minimum atomic E-state index is 0.753. The normalized spacial score (nSPS) is 43.5. The van der Waals surface area contributed by atoms with E-state index in [1.165, 1.54) is 25.8 Å². The van der Waals surface area contributed by atoms with Crippen molar-refractivity contribution < 1.29 is 0 Å². The lowest BCUT2D eigenvalue weighted by atomic mass is 9.77. The maximum atomic E-state index is 3.53. The highest BCUT2D eigenvalue weighted by atomic mass is 14.9. The molecule has 0 bridgehead atoms. The summed E-state index contributed by atoms with van der Waals surface area (Å²) >= 11 is 0. The first-order valence-corrected chi connectivity index (χ1v) is 4.76. The summed E-state index contributed by atoms with van der Waals surface area (Å²) < 4.78 is 0. The van der Waals surface area contributed by atoms with E-state index >= 15 is 0 Å². The van der Waals surface area contributed by atoms with Gasteiger partial charge in [0.05, 0.1) is 0 Å². The summed E-state index contributed by atoms with van der Waals surface area (Å²) in [5.41, 5.74) is 0. The lowest BCUT2D eigenvalue weighted by molar-refractivity contribution is 0.235. The monoisotopic (exact) mass is 151 g/mol. The molecule has 0 aromatic carbocycles. The molecule has 1 fully saturated rings. The van der Waals surface area contributed by atoms with Crippen LogP contribution in [0.25, 0.3) is 0 Å². The van der Waals surface area contributed by atoms with Gasteiger partial charge in [-0.1, -0.05) is 12.2 Å². The standard InChI is InChI=1S/C10H17N/c1-8-6-9-4-2-3-5-10(9)7-11-8/h3,5,8-11H,2,4,6-7H2,1H3. The highest BCUT2D eigenvalue weighted by Crippen LogP contribution is 2.30. The summed E-state index contributed by atoms with van der Waals surface area (Å²) in [7, 11) is 0. The molecule has 1 N–H and O–H groups in total. The van der Waals surface area contributed by atoms with Gasteiger partial charge in [0.2, 0.25) is 0 Å². The Labute approximate surface area is 68.9 Å². The second-order valence-electron chi connectivity index (χ2n) is 3.97. The Bertz CT molecular complexity index is 162. The van der Waals surface area contributed by atoms with Gasteiger partial charge in [0.15, 0.2) is 0 Å². The first-order valence-electron chi connectivity index (χ1n) is 4.76. The fraction of sp³-hybridized carbons (Fsp3) is 0.800. The molecule has 0 spiro atoms. The van der Waals surface area contributed by atoms with Gasteiger partial charge in [-0.05, 0) is 38.0 Å². The highest BCUT2D eigenvalue weighted by Gasteiger charge is 2.27. The van der Waals surface area contributed by atoms with Crippen molar-refractivity contribution in [1.82, 2.24) is 5.32 Å². The minimum Gasteiger partial charge on any atom is -0.314 e. The van der Waals surface area contributed by atoms with E-state index in [9.17, 15) is 0 Å². The molecule has 3 unspecified atom stereocenters. The molecule has 0 aromatic rings. The molecule has 11 heavy (non-hydrogen) atoms. The van der Waals surface area contributed by atoms with E-state index in [0.29, 0.717) is 0 Å². The van der Waals surface area contributed by atoms with Crippen molar-refractivity contribution in [2.75, 3.05) is 6.54 Å². The average molecular weight is 151 g/mol. The molecule has 62 valence electrons. The highest BCUT2D eigenvalue weighted by molar-refractivity contribution is 5.00. The fourth-order valence-corrected chi connectivity index (χ4v) is 2.35. The molecule has 2 rings (SSSR count). The van der Waals surface area contributed by atoms with Crippen molar-refractivity contribution in [2.45, 2.75) is 32.2 Å². The van der Waals surface area contributed by atoms with Crippen molar-refractivity contribution in [2.24, 2.45) is 11.8 Å². The minimum absolute atomic E-state index is 0.753. The molecule has 0 radical (unpaired) electrons. The van der Waals surface area contributed by atoms with Gasteiger partial charge in [-0.3, -0.25) is 0 Å². The van der Waals surface area contributed by atoms with Crippen molar-refractivity contribution in [3.05, 3.63) is 12.2 Å². The van der Waals surface area contributed by atoms with Gasteiger partial charge in [-0.15, -0.1) is 0 Å². The number of piperidine rings is 1. The van der Waals surface area contributed by atoms with E-state index in [-0.39, 0.29) is 0 Å². The molecular formula is C10H17N. The van der Waals surface area contributed by atoms with Crippen LogP contribution in [0.1, 0.15) is 26.2 Å². The number of hydrogen-bond acceptors (Lipinski definition) is 1. The molecule has 1 heteroatoms. The predicted octanol–water partition coefficient (Wildman–Crippen LogP) is 1.95. The molecule has 1 aliphatic carbocycles. The Balaban J connectivity index is 2.02. The summed E-state index contributed by atoms with van der Waals surface area (Å²) in [5, 5.41) is 3.53. The lowest BCUT2D eigenvalue weighted by Crippen LogP contribution is -2.42. The molecule has 1 saturated heterocycles. The summed E-state index contributed by atoms with van der Waals surface area (Å²) in [5.74, 6) is 1.83. The lowest BCUT2D eigenvalue weighted by Gasteiger charge is -2.36. The van der Waals surface area contributed by atoms with E-state index in [4.69, 9.17) is 0 Å². The van der Waals surface area contributed by atoms with Gasteiger partial charge in [-0.25, -0.2) is 0 Å². The Hall–Kier alpha value is -0.300. The second kappa shape index (κ2) is 2.98. The third-order valence-corrected chi connectivity index (χ3v) is 3.05. The molecule has 3 atom stereocenters. The molecule has 2 aliphatic rings. The summed E-state index contributed by atoms with van der Waals surface area (Å²) in [6, 6.07) is 0.753. The van der Waals surface area contributed by atoms with Crippen LogP contribution in [-0.2, 0) is 0 Å². The zero-order valence-electron chi connectivity index (χ0n) is 7.22. The van der Waals surface area contributed by atoms with E-state index in [1.807, 2.05) is 0 Å². The van der Waals surface area contributed by atoms with Gasteiger partial charge in [0, 0.05) is 12.6 Å². The molecule has 1 nitrogen and oxygen atoms in total. The summed E-state index contributed by atoms with van der Waals surface area (Å²) in [6.45, 7) is 3.51. The molecular weight excluding hydrogens is 134 g/mol. The van der Waals surface area contributed by atoms with Crippen molar-refractivity contribution in [1.29, 1.82) is 0 Å². The topological polar surface area (TPSA) is 12.0 Å². The van der Waals surface area contributed by atoms with Gasteiger partial charge in [0.25, 0.3) is 0 Å². The van der Waals surface area contributed by atoms with E-state index in [0.717, 1.165) is 17.9 Å². The van der Waals surface area contributed by atoms with Crippen LogP contribution in [0.5, 0.6) is 0 Å². The van der Waals surface area contributed by atoms with Crippen LogP contribution in [-0.4, -0.2) is 12.6 Å². The zero-order chi connectivity index (χ0) is 7.68. The van der Waals surface area contributed by atoms with Crippen LogP contribution in [0.2, 0.25) is 0 Å². The Morgan fingerprint density at radius 2 is 2.36 bits per heavy atom. The van der Waals surface area contributed by atoms with Crippen molar-refractivity contribution in [3.63, 3.8) is 0 Å². The van der Waals surface area contributed by atoms with Gasteiger partial charge in [-0.2, -0.15) is 0 Å². The molecule has 0 saturated carbocycles. The maximum absolute atomic E-state index is 3.53.